The standard InChI is InChI=1S/C17H17ClN4O/c1-11(2)21-17(23)15(12-6-5-7-13(18)10-12)16(19)22(21)14-8-3-4-9-20-14/h3-11H,19H2,1-2H3. The molecule has 0 radical (unpaired) electrons. The van der Waals surface area contributed by atoms with Crippen LogP contribution in [0.2, 0.25) is 5.02 Å². The molecule has 0 bridgehead atoms. The van der Waals surface area contributed by atoms with E-state index in [0.717, 1.165) is 0 Å². The molecule has 0 aliphatic rings. The highest BCUT2D eigenvalue weighted by atomic mass is 35.5. The van der Waals surface area contributed by atoms with Gasteiger partial charge in [0.15, 0.2) is 5.82 Å². The third-order valence-electron chi connectivity index (χ3n) is 3.59. The molecule has 3 rings (SSSR count). The predicted octanol–water partition coefficient (Wildman–Crippen LogP) is 3.52. The van der Waals surface area contributed by atoms with Gasteiger partial charge in [0, 0.05) is 17.3 Å². The van der Waals surface area contributed by atoms with E-state index in [1.165, 1.54) is 0 Å². The Balaban J connectivity index is 2.34. The van der Waals surface area contributed by atoms with Crippen LogP contribution in [0.5, 0.6) is 0 Å². The van der Waals surface area contributed by atoms with Gasteiger partial charge in [0.25, 0.3) is 5.56 Å². The van der Waals surface area contributed by atoms with Crippen LogP contribution < -0.4 is 11.3 Å². The zero-order valence-corrected chi connectivity index (χ0v) is 13.7. The Hall–Kier alpha value is -2.53. The van der Waals surface area contributed by atoms with Crippen LogP contribution in [0.1, 0.15) is 19.9 Å². The number of benzene rings is 1. The molecule has 0 saturated heterocycles. The molecule has 2 N–H and O–H groups in total. The Morgan fingerprint density at radius 3 is 2.57 bits per heavy atom. The van der Waals surface area contributed by atoms with Crippen molar-refractivity contribution in [2.75, 3.05) is 5.73 Å². The summed E-state index contributed by atoms with van der Waals surface area (Å²) in [6, 6.07) is 12.5. The molecule has 0 unspecified atom stereocenters. The first-order valence-electron chi connectivity index (χ1n) is 7.31. The van der Waals surface area contributed by atoms with Crippen molar-refractivity contribution in [3.8, 4) is 16.9 Å². The summed E-state index contributed by atoms with van der Waals surface area (Å²) in [5, 5.41) is 0.558. The number of hydrogen-bond acceptors (Lipinski definition) is 3. The fourth-order valence-corrected chi connectivity index (χ4v) is 2.82. The molecule has 0 amide bonds. The fourth-order valence-electron chi connectivity index (χ4n) is 2.63. The van der Waals surface area contributed by atoms with Gasteiger partial charge < -0.3 is 5.73 Å². The minimum Gasteiger partial charge on any atom is -0.383 e. The zero-order valence-electron chi connectivity index (χ0n) is 12.9. The van der Waals surface area contributed by atoms with Crippen molar-refractivity contribution in [1.82, 2.24) is 14.3 Å². The van der Waals surface area contributed by atoms with E-state index in [1.807, 2.05) is 38.1 Å². The normalized spacial score (nSPS) is 11.1. The molecule has 0 saturated carbocycles. The van der Waals surface area contributed by atoms with Crippen LogP contribution in [0.3, 0.4) is 0 Å². The van der Waals surface area contributed by atoms with Gasteiger partial charge in [-0.15, -0.1) is 0 Å². The van der Waals surface area contributed by atoms with Crippen molar-refractivity contribution in [1.29, 1.82) is 0 Å². The van der Waals surface area contributed by atoms with E-state index in [2.05, 4.69) is 4.98 Å². The van der Waals surface area contributed by atoms with Crippen molar-refractivity contribution in [3.05, 3.63) is 64.0 Å². The molecule has 0 spiro atoms. The number of nitrogens with two attached hydrogens (primary N) is 1. The molecule has 0 aliphatic heterocycles. The highest BCUT2D eigenvalue weighted by Crippen LogP contribution is 2.28. The summed E-state index contributed by atoms with van der Waals surface area (Å²) in [4.78, 5) is 17.2. The summed E-state index contributed by atoms with van der Waals surface area (Å²) in [5.41, 5.74) is 7.29. The summed E-state index contributed by atoms with van der Waals surface area (Å²) in [6.07, 6.45) is 1.67. The third kappa shape index (κ3) is 2.64. The Bertz CT molecular complexity index is 897. The molecule has 6 heteroatoms. The summed E-state index contributed by atoms with van der Waals surface area (Å²) in [7, 11) is 0. The minimum atomic E-state index is -0.162. The molecule has 2 aromatic heterocycles. The Labute approximate surface area is 138 Å². The molecule has 3 aromatic rings. The summed E-state index contributed by atoms with van der Waals surface area (Å²) < 4.78 is 3.26. The number of nitrogens with zero attached hydrogens (tertiary/aromatic N) is 3. The molecule has 0 atom stereocenters. The number of rotatable bonds is 3. The van der Waals surface area contributed by atoms with Crippen LogP contribution >= 0.6 is 11.6 Å². The van der Waals surface area contributed by atoms with Crippen LogP contribution in [0.25, 0.3) is 16.9 Å². The predicted molar refractivity (Wildman–Crippen MR) is 93.1 cm³/mol. The fraction of sp³-hybridized carbons (Fsp3) is 0.176. The average molecular weight is 329 g/mol. The van der Waals surface area contributed by atoms with E-state index < -0.39 is 0 Å². The van der Waals surface area contributed by atoms with Gasteiger partial charge in [0.1, 0.15) is 5.82 Å². The van der Waals surface area contributed by atoms with Gasteiger partial charge in [-0.25, -0.2) is 14.3 Å². The first-order valence-corrected chi connectivity index (χ1v) is 7.69. The molecule has 5 nitrogen and oxygen atoms in total. The van der Waals surface area contributed by atoms with E-state index in [1.54, 1.807) is 33.8 Å². The second-order valence-electron chi connectivity index (χ2n) is 5.51. The molecular weight excluding hydrogens is 312 g/mol. The number of pyridine rings is 1. The maximum absolute atomic E-state index is 12.9. The van der Waals surface area contributed by atoms with Crippen LogP contribution in [0.15, 0.2) is 53.5 Å². The number of nitrogen functional groups attached to an aromatic ring is 1. The van der Waals surface area contributed by atoms with Crippen LogP contribution in [0, 0.1) is 0 Å². The van der Waals surface area contributed by atoms with Gasteiger partial charge in [0.05, 0.1) is 5.56 Å². The molecule has 1 aromatic carbocycles. The Morgan fingerprint density at radius 2 is 1.96 bits per heavy atom. The largest absolute Gasteiger partial charge is 0.383 e. The number of anilines is 1. The van der Waals surface area contributed by atoms with Gasteiger partial charge in [-0.2, -0.15) is 0 Å². The first kappa shape index (κ1) is 15.4. The lowest BCUT2D eigenvalue weighted by Crippen LogP contribution is -2.25. The molecule has 0 aliphatic carbocycles. The number of aromatic nitrogens is 3. The summed E-state index contributed by atoms with van der Waals surface area (Å²) in [5.74, 6) is 0.953. The lowest BCUT2D eigenvalue weighted by molar-refractivity contribution is 0.469. The summed E-state index contributed by atoms with van der Waals surface area (Å²) in [6.45, 7) is 3.87. The number of hydrogen-bond donors (Lipinski definition) is 1. The molecular formula is C17H17ClN4O. The molecule has 2 heterocycles. The van der Waals surface area contributed by atoms with Gasteiger partial charge in [-0.3, -0.25) is 4.79 Å². The zero-order chi connectivity index (χ0) is 16.6. The SMILES string of the molecule is CC(C)n1c(=O)c(-c2cccc(Cl)c2)c(N)n1-c1ccccn1. The molecule has 23 heavy (non-hydrogen) atoms. The van der Waals surface area contributed by atoms with Crippen LogP contribution in [0.4, 0.5) is 5.82 Å². The van der Waals surface area contributed by atoms with Crippen LogP contribution in [-0.2, 0) is 0 Å². The van der Waals surface area contributed by atoms with Gasteiger partial charge in [-0.05, 0) is 43.7 Å². The topological polar surface area (TPSA) is 65.8 Å². The van der Waals surface area contributed by atoms with E-state index in [-0.39, 0.29) is 11.6 Å². The highest BCUT2D eigenvalue weighted by Gasteiger charge is 2.22. The average Bonchev–Trinajstić information content (AvgIpc) is 2.79. The van der Waals surface area contributed by atoms with Gasteiger partial charge in [0.2, 0.25) is 0 Å². The maximum Gasteiger partial charge on any atom is 0.277 e. The van der Waals surface area contributed by atoms with Crippen molar-refractivity contribution >= 4 is 17.4 Å². The second kappa shape index (κ2) is 5.93. The van der Waals surface area contributed by atoms with E-state index in [4.69, 9.17) is 17.3 Å². The van der Waals surface area contributed by atoms with E-state index in [9.17, 15) is 4.79 Å². The van der Waals surface area contributed by atoms with E-state index in [0.29, 0.717) is 27.8 Å². The first-order chi connectivity index (χ1) is 11.0. The van der Waals surface area contributed by atoms with E-state index >= 15 is 0 Å². The van der Waals surface area contributed by atoms with Crippen molar-refractivity contribution in [2.24, 2.45) is 0 Å². The highest BCUT2D eigenvalue weighted by molar-refractivity contribution is 6.30. The molecule has 0 fully saturated rings. The quantitative estimate of drug-likeness (QED) is 0.800. The van der Waals surface area contributed by atoms with Gasteiger partial charge in [-0.1, -0.05) is 29.8 Å². The Morgan fingerprint density at radius 1 is 1.17 bits per heavy atom. The lowest BCUT2D eigenvalue weighted by Gasteiger charge is -2.14. The van der Waals surface area contributed by atoms with Gasteiger partial charge >= 0.3 is 0 Å². The third-order valence-corrected chi connectivity index (χ3v) is 3.83. The summed E-state index contributed by atoms with van der Waals surface area (Å²) >= 11 is 6.06. The van der Waals surface area contributed by atoms with Crippen molar-refractivity contribution in [2.45, 2.75) is 19.9 Å². The van der Waals surface area contributed by atoms with Crippen molar-refractivity contribution in [3.63, 3.8) is 0 Å². The second-order valence-corrected chi connectivity index (χ2v) is 5.95. The Kier molecular flexibility index (Phi) is 3.96. The maximum atomic E-state index is 12.9. The van der Waals surface area contributed by atoms with Crippen LogP contribution in [-0.4, -0.2) is 14.3 Å². The monoisotopic (exact) mass is 328 g/mol. The minimum absolute atomic E-state index is 0.0697. The van der Waals surface area contributed by atoms with Crippen molar-refractivity contribution < 1.29 is 0 Å². The molecule has 118 valence electrons. The number of halogens is 1. The smallest absolute Gasteiger partial charge is 0.277 e. The lowest BCUT2D eigenvalue weighted by atomic mass is 10.1.